The van der Waals surface area contributed by atoms with Crippen LogP contribution in [0.25, 0.3) is 0 Å². The maximum atomic E-state index is 13.7. The second kappa shape index (κ2) is 7.31. The Kier molecular flexibility index (Phi) is 4.93. The van der Waals surface area contributed by atoms with Gasteiger partial charge in [-0.3, -0.25) is 9.59 Å². The van der Waals surface area contributed by atoms with Gasteiger partial charge in [0.25, 0.3) is 11.5 Å². The minimum absolute atomic E-state index is 0.192. The second-order valence-corrected chi connectivity index (χ2v) is 5.89. The van der Waals surface area contributed by atoms with Crippen molar-refractivity contribution in [2.24, 2.45) is 0 Å². The van der Waals surface area contributed by atoms with Gasteiger partial charge < -0.3 is 9.88 Å². The Morgan fingerprint density at radius 1 is 1.04 bits per heavy atom. The summed E-state index contributed by atoms with van der Waals surface area (Å²) in [6.07, 6.45) is 1.56. The first kappa shape index (κ1) is 17.5. The van der Waals surface area contributed by atoms with Crippen LogP contribution in [0.3, 0.4) is 0 Å². The van der Waals surface area contributed by atoms with Gasteiger partial charge in [-0.1, -0.05) is 35.9 Å². The Morgan fingerprint density at radius 3 is 2.42 bits per heavy atom. The van der Waals surface area contributed by atoms with Gasteiger partial charge in [0, 0.05) is 6.20 Å². The van der Waals surface area contributed by atoms with Crippen molar-refractivity contribution >= 4 is 11.6 Å². The van der Waals surface area contributed by atoms with Gasteiger partial charge in [0.2, 0.25) is 0 Å². The summed E-state index contributed by atoms with van der Waals surface area (Å²) in [5.41, 5.74) is 0.654. The molecule has 0 atom stereocenters. The quantitative estimate of drug-likeness (QED) is 0.776. The van der Waals surface area contributed by atoms with E-state index in [2.05, 4.69) is 5.32 Å². The number of benzene rings is 2. The molecular weight excluding hydrogens is 338 g/mol. The number of carbonyl (C=O) groups is 1. The van der Waals surface area contributed by atoms with Gasteiger partial charge in [-0.05, 0) is 36.8 Å². The number of amides is 1. The zero-order chi connectivity index (χ0) is 18.7. The largest absolute Gasteiger partial charge is 0.317 e. The van der Waals surface area contributed by atoms with Crippen LogP contribution < -0.4 is 10.9 Å². The van der Waals surface area contributed by atoms with Crippen molar-refractivity contribution in [3.8, 4) is 0 Å². The summed E-state index contributed by atoms with van der Waals surface area (Å²) < 4.78 is 28.8. The van der Waals surface area contributed by atoms with Gasteiger partial charge in [0.05, 0.1) is 6.54 Å². The van der Waals surface area contributed by atoms with E-state index in [0.717, 1.165) is 23.3 Å². The lowest BCUT2D eigenvalue weighted by Crippen LogP contribution is -2.29. The maximum Gasteiger partial charge on any atom is 0.263 e. The van der Waals surface area contributed by atoms with Crippen molar-refractivity contribution in [2.75, 3.05) is 5.32 Å². The number of rotatable bonds is 4. The minimum Gasteiger partial charge on any atom is -0.317 e. The Bertz CT molecular complexity index is 1010. The summed E-state index contributed by atoms with van der Waals surface area (Å²) in [6.45, 7) is 2.23. The van der Waals surface area contributed by atoms with E-state index in [1.54, 1.807) is 12.3 Å². The molecule has 2 aromatic carbocycles. The molecule has 1 amide bonds. The highest BCUT2D eigenvalue weighted by atomic mass is 19.1. The van der Waals surface area contributed by atoms with Crippen LogP contribution in [0.2, 0.25) is 0 Å². The molecule has 0 radical (unpaired) electrons. The average Bonchev–Trinajstić information content (AvgIpc) is 2.60. The molecule has 3 aromatic rings. The molecule has 4 nitrogen and oxygen atoms in total. The van der Waals surface area contributed by atoms with Crippen LogP contribution in [-0.4, -0.2) is 10.5 Å². The fourth-order valence-electron chi connectivity index (χ4n) is 2.64. The molecular formula is C20H16F2N2O2. The number of aryl methyl sites for hydroxylation is 1. The van der Waals surface area contributed by atoms with Gasteiger partial charge in [0.15, 0.2) is 0 Å². The van der Waals surface area contributed by atoms with Crippen LogP contribution in [0.5, 0.6) is 0 Å². The molecule has 0 aliphatic rings. The Morgan fingerprint density at radius 2 is 1.73 bits per heavy atom. The van der Waals surface area contributed by atoms with E-state index in [0.29, 0.717) is 0 Å². The molecule has 3 rings (SSSR count). The van der Waals surface area contributed by atoms with Crippen LogP contribution in [0.15, 0.2) is 65.6 Å². The monoisotopic (exact) mass is 354 g/mol. The highest BCUT2D eigenvalue weighted by molar-refractivity contribution is 6.04. The molecule has 0 spiro atoms. The number of aromatic nitrogens is 1. The van der Waals surface area contributed by atoms with E-state index in [1.165, 1.54) is 16.7 Å². The van der Waals surface area contributed by atoms with Crippen molar-refractivity contribution < 1.29 is 13.6 Å². The van der Waals surface area contributed by atoms with Gasteiger partial charge >= 0.3 is 0 Å². The molecule has 132 valence electrons. The summed E-state index contributed by atoms with van der Waals surface area (Å²) in [5.74, 6) is -2.68. The van der Waals surface area contributed by atoms with Crippen LogP contribution >= 0.6 is 0 Å². The summed E-state index contributed by atoms with van der Waals surface area (Å²) in [4.78, 5) is 24.9. The summed E-state index contributed by atoms with van der Waals surface area (Å²) >= 11 is 0. The number of hydrogen-bond donors (Lipinski definition) is 1. The first-order valence-corrected chi connectivity index (χ1v) is 7.96. The molecule has 6 heteroatoms. The van der Waals surface area contributed by atoms with Crippen molar-refractivity contribution in [1.29, 1.82) is 0 Å². The Hall–Kier alpha value is -3.28. The maximum absolute atomic E-state index is 13.7. The lowest BCUT2D eigenvalue weighted by molar-refractivity contribution is 0.102. The predicted octanol–water partition coefficient (Wildman–Crippen LogP) is 3.74. The number of nitrogens with one attached hydrogen (secondary N) is 1. The zero-order valence-electron chi connectivity index (χ0n) is 14.0. The molecule has 1 heterocycles. The third-order valence-corrected chi connectivity index (χ3v) is 3.90. The topological polar surface area (TPSA) is 51.1 Å². The fourth-order valence-corrected chi connectivity index (χ4v) is 2.64. The number of nitrogens with zero attached hydrogens (tertiary/aromatic N) is 1. The average molecular weight is 354 g/mol. The molecule has 0 saturated carbocycles. The number of halogens is 2. The van der Waals surface area contributed by atoms with Crippen LogP contribution in [0.4, 0.5) is 14.5 Å². The van der Waals surface area contributed by atoms with E-state index < -0.39 is 28.8 Å². The Balaban J connectivity index is 1.89. The molecule has 1 aromatic heterocycles. The summed E-state index contributed by atoms with van der Waals surface area (Å²) in [6, 6.07) is 13.8. The van der Waals surface area contributed by atoms with Gasteiger partial charge in [0.1, 0.15) is 22.9 Å². The fraction of sp³-hybridized carbons (Fsp3) is 0.100. The summed E-state index contributed by atoms with van der Waals surface area (Å²) in [5, 5.41) is 2.13. The first-order chi connectivity index (χ1) is 12.5. The van der Waals surface area contributed by atoms with Crippen molar-refractivity contribution in [2.45, 2.75) is 13.5 Å². The highest BCUT2D eigenvalue weighted by Crippen LogP contribution is 2.18. The standard InChI is InChI=1S/C20H16F2N2O2/c1-13-5-2-6-14(11-13)12-24-10-4-7-15(20(24)26)19(25)23-18-16(21)8-3-9-17(18)22/h2-11H,12H2,1H3,(H,23,25). The molecule has 0 aliphatic heterocycles. The third-order valence-electron chi connectivity index (χ3n) is 3.90. The van der Waals surface area contributed by atoms with Crippen LogP contribution in [-0.2, 0) is 6.54 Å². The molecule has 0 aliphatic carbocycles. The number of anilines is 1. The SMILES string of the molecule is Cc1cccc(Cn2cccc(C(=O)Nc3c(F)cccc3F)c2=O)c1. The second-order valence-electron chi connectivity index (χ2n) is 5.89. The van der Waals surface area contributed by atoms with E-state index in [1.807, 2.05) is 31.2 Å². The number of para-hydroxylation sites is 1. The smallest absolute Gasteiger partial charge is 0.263 e. The molecule has 1 N–H and O–H groups in total. The van der Waals surface area contributed by atoms with Crippen molar-refractivity contribution in [1.82, 2.24) is 4.57 Å². The van der Waals surface area contributed by atoms with Gasteiger partial charge in [-0.2, -0.15) is 0 Å². The van der Waals surface area contributed by atoms with Crippen molar-refractivity contribution in [3.63, 3.8) is 0 Å². The van der Waals surface area contributed by atoms with Crippen LogP contribution in [0.1, 0.15) is 21.5 Å². The molecule has 0 unspecified atom stereocenters. The lowest BCUT2D eigenvalue weighted by atomic mass is 10.1. The van der Waals surface area contributed by atoms with Crippen LogP contribution in [0, 0.1) is 18.6 Å². The van der Waals surface area contributed by atoms with Crippen molar-refractivity contribution in [3.05, 3.63) is 99.5 Å². The van der Waals surface area contributed by atoms with E-state index in [4.69, 9.17) is 0 Å². The summed E-state index contributed by atoms with van der Waals surface area (Å²) in [7, 11) is 0. The highest BCUT2D eigenvalue weighted by Gasteiger charge is 2.16. The third kappa shape index (κ3) is 3.69. The van der Waals surface area contributed by atoms with E-state index >= 15 is 0 Å². The van der Waals surface area contributed by atoms with E-state index in [-0.39, 0.29) is 12.1 Å². The molecule has 0 fully saturated rings. The predicted molar refractivity (Wildman–Crippen MR) is 95.3 cm³/mol. The zero-order valence-corrected chi connectivity index (χ0v) is 14.0. The Labute approximate surface area is 148 Å². The number of carbonyl (C=O) groups excluding carboxylic acids is 1. The first-order valence-electron chi connectivity index (χ1n) is 7.96. The van der Waals surface area contributed by atoms with Gasteiger partial charge in [-0.15, -0.1) is 0 Å². The van der Waals surface area contributed by atoms with E-state index in [9.17, 15) is 18.4 Å². The minimum atomic E-state index is -0.908. The molecule has 0 saturated heterocycles. The molecule has 0 bridgehead atoms. The normalized spacial score (nSPS) is 10.6. The van der Waals surface area contributed by atoms with Gasteiger partial charge in [-0.25, -0.2) is 8.78 Å². The molecule has 26 heavy (non-hydrogen) atoms. The lowest BCUT2D eigenvalue weighted by Gasteiger charge is -2.10. The number of hydrogen-bond acceptors (Lipinski definition) is 2. The number of pyridine rings is 1.